The molecule has 0 aliphatic carbocycles. The molecule has 62 valence electrons. The number of hydrogen-bond acceptors (Lipinski definition) is 4. The van der Waals surface area contributed by atoms with E-state index in [-0.39, 0.29) is 29.3 Å². The van der Waals surface area contributed by atoms with Gasteiger partial charge in [-0.1, -0.05) is 0 Å². The highest BCUT2D eigenvalue weighted by molar-refractivity contribution is 6.67. The molecular weight excluding hydrogens is 212 g/mol. The van der Waals surface area contributed by atoms with Crippen LogP contribution in [0.1, 0.15) is 0 Å². The summed E-state index contributed by atoms with van der Waals surface area (Å²) in [6.45, 7) is 5.46. The fraction of sp³-hybridized carbons (Fsp3) is 1.00. The van der Waals surface area contributed by atoms with Crippen LogP contribution in [0.5, 0.6) is 0 Å². The van der Waals surface area contributed by atoms with Gasteiger partial charge in [-0.25, -0.2) is 0 Å². The van der Waals surface area contributed by atoms with Crippen molar-refractivity contribution < 1.29 is 17.1 Å². The lowest BCUT2D eigenvalue weighted by molar-refractivity contribution is 0.162. The van der Waals surface area contributed by atoms with E-state index in [1.807, 2.05) is 19.6 Å². The molecule has 4 nitrogen and oxygen atoms in total. The minimum atomic E-state index is -3.21. The molecule has 0 saturated carbocycles. The van der Waals surface area contributed by atoms with Gasteiger partial charge in [0.2, 0.25) is 29.3 Å². The SMILES string of the molecule is C[Si]O[Si](O)(O[Si]C)O[Si]C. The standard InChI is InChI=1S/C3H10O4Si4/c1-8-5-11(4,6-9-2)7-10-3/h4H,1-3H3. The van der Waals surface area contributed by atoms with Crippen LogP contribution in [-0.4, -0.2) is 43.1 Å². The fourth-order valence-electron chi connectivity index (χ4n) is 0.449. The van der Waals surface area contributed by atoms with Gasteiger partial charge in [-0.3, -0.25) is 0 Å². The summed E-state index contributed by atoms with van der Waals surface area (Å²) < 4.78 is 15.0. The lowest BCUT2D eigenvalue weighted by Gasteiger charge is -2.20. The van der Waals surface area contributed by atoms with Crippen molar-refractivity contribution in [3.63, 3.8) is 0 Å². The molecule has 0 aromatic carbocycles. The van der Waals surface area contributed by atoms with Crippen LogP contribution in [0.15, 0.2) is 0 Å². The number of rotatable bonds is 6. The Balaban J connectivity index is 3.79. The fourth-order valence-corrected chi connectivity index (χ4v) is 5.17. The Kier molecular flexibility index (Phi) is 6.65. The topological polar surface area (TPSA) is 47.9 Å². The first-order valence-electron chi connectivity index (χ1n) is 2.95. The summed E-state index contributed by atoms with van der Waals surface area (Å²) >= 11 is 0. The molecule has 0 aliphatic heterocycles. The van der Waals surface area contributed by atoms with E-state index < -0.39 is 9.05 Å². The van der Waals surface area contributed by atoms with Crippen LogP contribution in [-0.2, 0) is 12.3 Å². The average molecular weight is 222 g/mol. The largest absolute Gasteiger partial charge is 0.644 e. The molecule has 8 heteroatoms. The molecule has 0 rings (SSSR count). The van der Waals surface area contributed by atoms with Crippen molar-refractivity contribution in [3.8, 4) is 0 Å². The first-order chi connectivity index (χ1) is 5.18. The Labute approximate surface area is 75.6 Å². The zero-order valence-electron chi connectivity index (χ0n) is 6.67. The van der Waals surface area contributed by atoms with Crippen molar-refractivity contribution in [1.29, 1.82) is 0 Å². The zero-order valence-corrected chi connectivity index (χ0v) is 10.7. The Morgan fingerprint density at radius 2 is 1.18 bits per heavy atom. The number of hydrogen-bond donors (Lipinski definition) is 1. The maximum atomic E-state index is 9.50. The van der Waals surface area contributed by atoms with Crippen molar-refractivity contribution in [2.75, 3.05) is 0 Å². The van der Waals surface area contributed by atoms with Gasteiger partial charge in [-0.05, 0) is 19.6 Å². The van der Waals surface area contributed by atoms with Crippen LogP contribution in [0.25, 0.3) is 0 Å². The van der Waals surface area contributed by atoms with Crippen molar-refractivity contribution in [1.82, 2.24) is 0 Å². The minimum absolute atomic E-state index is 0.199. The molecular formula is C3H10O4Si4. The molecule has 0 bridgehead atoms. The van der Waals surface area contributed by atoms with Crippen molar-refractivity contribution in [2.45, 2.75) is 19.6 Å². The van der Waals surface area contributed by atoms with E-state index in [2.05, 4.69) is 0 Å². The lowest BCUT2D eigenvalue weighted by atomic mass is 11.9. The second-order valence-electron chi connectivity index (χ2n) is 1.44. The monoisotopic (exact) mass is 222 g/mol. The second kappa shape index (κ2) is 6.25. The molecule has 0 aliphatic rings. The normalized spacial score (nSPS) is 12.0. The highest BCUT2D eigenvalue weighted by Gasteiger charge is 2.38. The van der Waals surface area contributed by atoms with Gasteiger partial charge < -0.3 is 17.1 Å². The summed E-state index contributed by atoms with van der Waals surface area (Å²) in [5.41, 5.74) is 0. The maximum absolute atomic E-state index is 9.50. The van der Waals surface area contributed by atoms with Crippen molar-refractivity contribution in [3.05, 3.63) is 0 Å². The molecule has 0 saturated heterocycles. The van der Waals surface area contributed by atoms with E-state index in [0.29, 0.717) is 0 Å². The summed E-state index contributed by atoms with van der Waals surface area (Å²) in [5, 5.41) is 0. The quantitative estimate of drug-likeness (QED) is 0.614. The van der Waals surface area contributed by atoms with Crippen LogP contribution in [0.2, 0.25) is 19.6 Å². The van der Waals surface area contributed by atoms with Gasteiger partial charge in [0, 0.05) is 0 Å². The summed E-state index contributed by atoms with van der Waals surface area (Å²) in [7, 11) is -2.61. The van der Waals surface area contributed by atoms with E-state index in [1.54, 1.807) is 0 Å². The predicted molar refractivity (Wildman–Crippen MR) is 46.1 cm³/mol. The van der Waals surface area contributed by atoms with E-state index in [0.717, 1.165) is 0 Å². The van der Waals surface area contributed by atoms with Crippen LogP contribution in [0.3, 0.4) is 0 Å². The molecule has 0 unspecified atom stereocenters. The third-order valence-corrected chi connectivity index (χ3v) is 6.24. The molecule has 0 aromatic rings. The van der Waals surface area contributed by atoms with Gasteiger partial charge in [0.25, 0.3) is 0 Å². The Bertz CT molecular complexity index is 84.3. The highest BCUT2D eigenvalue weighted by atomic mass is 28.5. The van der Waals surface area contributed by atoms with Crippen LogP contribution in [0.4, 0.5) is 0 Å². The van der Waals surface area contributed by atoms with Crippen molar-refractivity contribution in [2.24, 2.45) is 0 Å². The first kappa shape index (κ1) is 11.7. The minimum Gasteiger partial charge on any atom is -0.395 e. The van der Waals surface area contributed by atoms with Gasteiger partial charge in [-0.2, -0.15) is 0 Å². The molecule has 0 aromatic heterocycles. The van der Waals surface area contributed by atoms with E-state index in [4.69, 9.17) is 12.3 Å². The third kappa shape index (κ3) is 5.03. The van der Waals surface area contributed by atoms with E-state index in [1.165, 1.54) is 0 Å². The second-order valence-corrected chi connectivity index (χ2v) is 6.16. The third-order valence-electron chi connectivity index (χ3n) is 0.693. The van der Waals surface area contributed by atoms with Gasteiger partial charge in [0.05, 0.1) is 0 Å². The summed E-state index contributed by atoms with van der Waals surface area (Å²) in [6, 6.07) is 0. The Morgan fingerprint density at radius 1 is 0.909 bits per heavy atom. The molecule has 0 atom stereocenters. The van der Waals surface area contributed by atoms with E-state index in [9.17, 15) is 4.80 Å². The van der Waals surface area contributed by atoms with Gasteiger partial charge in [-0.15, -0.1) is 0 Å². The smallest absolute Gasteiger partial charge is 0.395 e. The maximum Gasteiger partial charge on any atom is 0.644 e. The van der Waals surface area contributed by atoms with E-state index >= 15 is 0 Å². The zero-order chi connectivity index (χ0) is 8.74. The predicted octanol–water partition coefficient (Wildman–Crippen LogP) is -0.534. The molecule has 0 amide bonds. The van der Waals surface area contributed by atoms with Crippen LogP contribution in [0, 0.1) is 0 Å². The molecule has 6 radical (unpaired) electrons. The van der Waals surface area contributed by atoms with Crippen LogP contribution < -0.4 is 0 Å². The lowest BCUT2D eigenvalue weighted by Crippen LogP contribution is -2.48. The summed E-state index contributed by atoms with van der Waals surface area (Å²) in [4.78, 5) is 9.50. The van der Waals surface area contributed by atoms with Crippen molar-refractivity contribution >= 4 is 38.3 Å². The molecule has 0 heterocycles. The molecule has 0 fully saturated rings. The Hall–Kier alpha value is 0.708. The molecule has 0 spiro atoms. The van der Waals surface area contributed by atoms with Crippen LogP contribution >= 0.6 is 0 Å². The molecule has 11 heavy (non-hydrogen) atoms. The summed E-state index contributed by atoms with van der Waals surface area (Å²) in [6.07, 6.45) is 0. The van der Waals surface area contributed by atoms with Gasteiger partial charge in [0.15, 0.2) is 0 Å². The molecule has 1 N–H and O–H groups in total. The first-order valence-corrected chi connectivity index (χ1v) is 8.85. The highest BCUT2D eigenvalue weighted by Crippen LogP contribution is 2.02. The summed E-state index contributed by atoms with van der Waals surface area (Å²) in [5.74, 6) is 0. The Morgan fingerprint density at radius 3 is 1.36 bits per heavy atom. The average Bonchev–Trinajstić information content (AvgIpc) is 1.88. The van der Waals surface area contributed by atoms with Gasteiger partial charge in [0.1, 0.15) is 0 Å². The van der Waals surface area contributed by atoms with Gasteiger partial charge >= 0.3 is 9.05 Å².